The summed E-state index contributed by atoms with van der Waals surface area (Å²) in [5, 5.41) is 9.90. The van der Waals surface area contributed by atoms with E-state index in [1.807, 2.05) is 36.4 Å². The van der Waals surface area contributed by atoms with Gasteiger partial charge in [-0.3, -0.25) is 0 Å². The van der Waals surface area contributed by atoms with E-state index in [4.69, 9.17) is 19.9 Å². The van der Waals surface area contributed by atoms with Gasteiger partial charge in [-0.2, -0.15) is 5.26 Å². The summed E-state index contributed by atoms with van der Waals surface area (Å²) < 4.78 is 16.7. The van der Waals surface area contributed by atoms with Gasteiger partial charge in [0.25, 0.3) is 0 Å². The predicted molar refractivity (Wildman–Crippen MR) is 123 cm³/mol. The lowest BCUT2D eigenvalue weighted by Gasteiger charge is -2.36. The monoisotopic (exact) mass is 429 g/mol. The van der Waals surface area contributed by atoms with Gasteiger partial charge in [-0.1, -0.05) is 24.3 Å². The lowest BCUT2D eigenvalue weighted by Crippen LogP contribution is -2.33. The number of nitriles is 1. The molecule has 2 aliphatic rings. The van der Waals surface area contributed by atoms with Crippen LogP contribution >= 0.6 is 0 Å². The molecule has 0 aromatic heterocycles. The Labute approximate surface area is 188 Å². The van der Waals surface area contributed by atoms with E-state index in [1.165, 1.54) is 0 Å². The van der Waals surface area contributed by atoms with Crippen LogP contribution in [0.2, 0.25) is 0 Å². The SMILES string of the molecule is CCN1C=C(Cc2ccc(OC)cc2)C2=C(C1)[C@@H](c1ccc(OC)cc1)C(C#N)=C(N)O2. The fourth-order valence-corrected chi connectivity index (χ4v) is 4.23. The van der Waals surface area contributed by atoms with Crippen molar-refractivity contribution in [3.05, 3.63) is 94.2 Å². The summed E-state index contributed by atoms with van der Waals surface area (Å²) in [7, 11) is 3.30. The third-order valence-corrected chi connectivity index (χ3v) is 5.94. The first-order chi connectivity index (χ1) is 15.6. The summed E-state index contributed by atoms with van der Waals surface area (Å²) in [6, 6.07) is 18.1. The van der Waals surface area contributed by atoms with Gasteiger partial charge in [0, 0.05) is 36.9 Å². The molecule has 0 radical (unpaired) electrons. The highest BCUT2D eigenvalue weighted by molar-refractivity contribution is 5.55. The van der Waals surface area contributed by atoms with Crippen molar-refractivity contribution in [1.29, 1.82) is 5.26 Å². The maximum absolute atomic E-state index is 9.90. The molecule has 0 bridgehead atoms. The molecule has 6 heteroatoms. The summed E-state index contributed by atoms with van der Waals surface area (Å²) >= 11 is 0. The van der Waals surface area contributed by atoms with Gasteiger partial charge in [-0.15, -0.1) is 0 Å². The van der Waals surface area contributed by atoms with Crippen LogP contribution in [0.1, 0.15) is 24.0 Å². The highest BCUT2D eigenvalue weighted by atomic mass is 16.5. The zero-order valence-corrected chi connectivity index (χ0v) is 18.6. The lowest BCUT2D eigenvalue weighted by molar-refractivity contribution is 0.265. The summed E-state index contributed by atoms with van der Waals surface area (Å²) in [6.07, 6.45) is 2.82. The van der Waals surface area contributed by atoms with Crippen LogP contribution in [-0.2, 0) is 11.2 Å². The molecular formula is C26H27N3O3. The van der Waals surface area contributed by atoms with E-state index in [0.717, 1.165) is 46.1 Å². The molecule has 2 N–H and O–H groups in total. The number of methoxy groups -OCH3 is 2. The summed E-state index contributed by atoms with van der Waals surface area (Å²) in [5.41, 5.74) is 10.9. The molecule has 0 amide bonds. The van der Waals surface area contributed by atoms with E-state index in [-0.39, 0.29) is 11.8 Å². The van der Waals surface area contributed by atoms with Crippen molar-refractivity contribution in [2.24, 2.45) is 5.73 Å². The van der Waals surface area contributed by atoms with Crippen molar-refractivity contribution < 1.29 is 14.2 Å². The fourth-order valence-electron chi connectivity index (χ4n) is 4.23. The first-order valence-corrected chi connectivity index (χ1v) is 10.6. The van der Waals surface area contributed by atoms with Crippen molar-refractivity contribution in [3.8, 4) is 17.6 Å². The Morgan fingerprint density at radius 1 is 1.06 bits per heavy atom. The van der Waals surface area contributed by atoms with Gasteiger partial charge in [0.2, 0.25) is 5.88 Å². The second-order valence-electron chi connectivity index (χ2n) is 7.79. The number of likely N-dealkylation sites (N-methyl/N-ethyl adjacent to an activating group) is 1. The molecule has 32 heavy (non-hydrogen) atoms. The van der Waals surface area contributed by atoms with Gasteiger partial charge in [0.05, 0.1) is 20.1 Å². The van der Waals surface area contributed by atoms with E-state index in [1.54, 1.807) is 14.2 Å². The van der Waals surface area contributed by atoms with Crippen molar-refractivity contribution in [2.75, 3.05) is 27.3 Å². The minimum absolute atomic E-state index is 0.164. The zero-order valence-electron chi connectivity index (χ0n) is 18.6. The molecule has 2 aromatic carbocycles. The highest BCUT2D eigenvalue weighted by Gasteiger charge is 2.36. The van der Waals surface area contributed by atoms with Crippen LogP contribution in [0.25, 0.3) is 0 Å². The Morgan fingerprint density at radius 2 is 1.69 bits per heavy atom. The highest BCUT2D eigenvalue weighted by Crippen LogP contribution is 2.44. The maximum atomic E-state index is 9.90. The first kappa shape index (κ1) is 21.4. The van der Waals surface area contributed by atoms with Crippen LogP contribution in [0, 0.1) is 11.3 Å². The van der Waals surface area contributed by atoms with E-state index in [2.05, 4.69) is 36.2 Å². The van der Waals surface area contributed by atoms with Crippen LogP contribution in [0.3, 0.4) is 0 Å². The molecule has 0 fully saturated rings. The van der Waals surface area contributed by atoms with Crippen LogP contribution in [0.4, 0.5) is 0 Å². The third-order valence-electron chi connectivity index (χ3n) is 5.94. The van der Waals surface area contributed by atoms with Gasteiger partial charge in [0.1, 0.15) is 28.9 Å². The van der Waals surface area contributed by atoms with E-state index in [0.29, 0.717) is 18.5 Å². The smallest absolute Gasteiger partial charge is 0.205 e. The molecule has 0 spiro atoms. The van der Waals surface area contributed by atoms with Gasteiger partial charge in [-0.25, -0.2) is 0 Å². The minimum Gasteiger partial charge on any atom is -0.497 e. The standard InChI is InChI=1S/C26H27N3O3/c1-4-29-15-19(13-17-5-9-20(30-2)10-6-17)25-23(16-29)24(22(14-27)26(28)32-25)18-7-11-21(31-3)12-8-18/h5-12,15,24H,4,13,16,28H2,1-3H3/t24-/m0/s1. The molecule has 0 saturated heterocycles. The molecule has 4 rings (SSSR count). The number of hydrogen-bond acceptors (Lipinski definition) is 6. The lowest BCUT2D eigenvalue weighted by atomic mass is 9.80. The first-order valence-electron chi connectivity index (χ1n) is 10.6. The van der Waals surface area contributed by atoms with Gasteiger partial charge in [0.15, 0.2) is 0 Å². The Hall–Kier alpha value is -3.85. The zero-order chi connectivity index (χ0) is 22.7. The van der Waals surface area contributed by atoms with E-state index < -0.39 is 0 Å². The number of benzene rings is 2. The number of hydrogen-bond donors (Lipinski definition) is 1. The van der Waals surface area contributed by atoms with E-state index >= 15 is 0 Å². The van der Waals surface area contributed by atoms with Crippen LogP contribution in [-0.4, -0.2) is 32.2 Å². The molecule has 0 aliphatic carbocycles. The van der Waals surface area contributed by atoms with Crippen molar-refractivity contribution >= 4 is 0 Å². The average molecular weight is 430 g/mol. The van der Waals surface area contributed by atoms with Crippen LogP contribution in [0.5, 0.6) is 11.5 Å². The minimum atomic E-state index is -0.261. The molecule has 0 saturated carbocycles. The largest absolute Gasteiger partial charge is 0.497 e. The van der Waals surface area contributed by atoms with Crippen molar-refractivity contribution in [3.63, 3.8) is 0 Å². The summed E-state index contributed by atoms with van der Waals surface area (Å²) in [5.74, 6) is 2.26. The van der Waals surface area contributed by atoms with E-state index in [9.17, 15) is 5.26 Å². The topological polar surface area (TPSA) is 80.7 Å². The Bertz CT molecular complexity index is 1120. The Kier molecular flexibility index (Phi) is 6.09. The predicted octanol–water partition coefficient (Wildman–Crippen LogP) is 4.23. The molecule has 0 unspecified atom stereocenters. The molecule has 2 heterocycles. The van der Waals surface area contributed by atoms with Gasteiger partial charge >= 0.3 is 0 Å². The molecule has 2 aromatic rings. The number of allylic oxidation sites excluding steroid dienone is 2. The number of rotatable bonds is 6. The quantitative estimate of drug-likeness (QED) is 0.740. The van der Waals surface area contributed by atoms with Crippen molar-refractivity contribution in [2.45, 2.75) is 19.3 Å². The van der Waals surface area contributed by atoms with Gasteiger partial charge < -0.3 is 24.8 Å². The third kappa shape index (κ3) is 4.02. The normalized spacial score (nSPS) is 17.9. The second-order valence-corrected chi connectivity index (χ2v) is 7.79. The molecular weight excluding hydrogens is 402 g/mol. The van der Waals surface area contributed by atoms with Crippen LogP contribution in [0.15, 0.2) is 83.1 Å². The fraction of sp³-hybridized carbons (Fsp3) is 0.269. The second kappa shape index (κ2) is 9.11. The van der Waals surface area contributed by atoms with Crippen molar-refractivity contribution in [1.82, 2.24) is 4.90 Å². The molecule has 1 atom stereocenters. The summed E-state index contributed by atoms with van der Waals surface area (Å²) in [6.45, 7) is 3.64. The Balaban J connectivity index is 1.77. The average Bonchev–Trinajstić information content (AvgIpc) is 2.84. The maximum Gasteiger partial charge on any atom is 0.205 e. The molecule has 164 valence electrons. The number of nitrogens with two attached hydrogens (primary N) is 1. The molecule has 2 aliphatic heterocycles. The molecule has 6 nitrogen and oxygen atoms in total. The van der Waals surface area contributed by atoms with Crippen LogP contribution < -0.4 is 15.2 Å². The number of ether oxygens (including phenoxy) is 3. The Morgan fingerprint density at radius 3 is 2.25 bits per heavy atom. The van der Waals surface area contributed by atoms with Gasteiger partial charge in [-0.05, 0) is 42.3 Å². The summed E-state index contributed by atoms with van der Waals surface area (Å²) in [4.78, 5) is 2.24. The number of nitrogens with zero attached hydrogens (tertiary/aromatic N) is 2.